The number of halogens is 4. The molecule has 142 valence electrons. The highest BCUT2D eigenvalue weighted by Crippen LogP contribution is 2.53. The monoisotopic (exact) mass is 492 g/mol. The van der Waals surface area contributed by atoms with Gasteiger partial charge in [-0.1, -0.05) is 40.8 Å². The SMILES string of the molecule is NC(=O)C(I)(CCN1C(=O)C=CC1=O)c1cccc(C2(C(F)(F)F)N=N2)c1. The summed E-state index contributed by atoms with van der Waals surface area (Å²) in [5, 5.41) is 6.30. The van der Waals surface area contributed by atoms with E-state index in [2.05, 4.69) is 10.2 Å². The Hall–Kier alpha value is -2.31. The van der Waals surface area contributed by atoms with Crippen LogP contribution in [-0.2, 0) is 23.5 Å². The fourth-order valence-electron chi connectivity index (χ4n) is 2.75. The number of primary amides is 1. The lowest BCUT2D eigenvalue weighted by Crippen LogP contribution is -2.41. The first-order valence-electron chi connectivity index (χ1n) is 7.65. The normalized spacial score (nSPS) is 20.1. The summed E-state index contributed by atoms with van der Waals surface area (Å²) < 4.78 is 38.3. The first-order valence-corrected chi connectivity index (χ1v) is 8.73. The molecular weight excluding hydrogens is 480 g/mol. The van der Waals surface area contributed by atoms with Crippen molar-refractivity contribution in [1.29, 1.82) is 0 Å². The van der Waals surface area contributed by atoms with Crippen LogP contribution in [0.25, 0.3) is 0 Å². The van der Waals surface area contributed by atoms with Crippen LogP contribution in [0.5, 0.6) is 0 Å². The quantitative estimate of drug-likeness (QED) is 0.375. The Morgan fingerprint density at radius 2 is 1.78 bits per heavy atom. The summed E-state index contributed by atoms with van der Waals surface area (Å²) >= 11 is 1.73. The summed E-state index contributed by atoms with van der Waals surface area (Å²) in [5.74, 6) is -1.86. The lowest BCUT2D eigenvalue weighted by molar-refractivity contribution is -0.166. The molecule has 0 spiro atoms. The van der Waals surface area contributed by atoms with Crippen LogP contribution in [0.4, 0.5) is 13.2 Å². The van der Waals surface area contributed by atoms with Crippen LogP contribution in [0, 0.1) is 0 Å². The second-order valence-electron chi connectivity index (χ2n) is 6.03. The number of alkyl halides is 4. The number of benzene rings is 1. The standard InChI is InChI=1S/C16H12F3IN4O3/c17-16(18,19)15(22-23-15)10-3-1-2-9(8-10)14(20,13(21)27)6-7-24-11(25)4-5-12(24)26/h1-5,8H,6-7H2,(H2,21,27). The van der Waals surface area contributed by atoms with Gasteiger partial charge in [-0.25, -0.2) is 0 Å². The number of hydrogen-bond acceptors (Lipinski definition) is 5. The molecule has 1 unspecified atom stereocenters. The maximum absolute atomic E-state index is 13.2. The number of carbonyl (C=O) groups excluding carboxylic acids is 3. The second kappa shape index (κ2) is 6.39. The molecule has 2 aliphatic heterocycles. The van der Waals surface area contributed by atoms with Gasteiger partial charge in [0.1, 0.15) is 3.42 Å². The van der Waals surface area contributed by atoms with Gasteiger partial charge in [0.2, 0.25) is 5.91 Å². The van der Waals surface area contributed by atoms with Crippen LogP contribution in [0.15, 0.2) is 46.6 Å². The van der Waals surface area contributed by atoms with Gasteiger partial charge in [-0.05, 0) is 18.1 Å². The molecule has 0 fully saturated rings. The van der Waals surface area contributed by atoms with Crippen molar-refractivity contribution in [2.45, 2.75) is 21.7 Å². The minimum atomic E-state index is -4.70. The lowest BCUT2D eigenvalue weighted by Gasteiger charge is -2.27. The molecule has 1 aromatic rings. The molecule has 1 atom stereocenters. The summed E-state index contributed by atoms with van der Waals surface area (Å²) in [5.41, 5.74) is 2.85. The van der Waals surface area contributed by atoms with Crippen molar-refractivity contribution in [3.05, 3.63) is 47.5 Å². The summed E-state index contributed by atoms with van der Waals surface area (Å²) in [6.45, 7) is -0.111. The highest BCUT2D eigenvalue weighted by Gasteiger charge is 2.65. The fraction of sp³-hybridized carbons (Fsp3) is 0.312. The maximum Gasteiger partial charge on any atom is 0.442 e. The Balaban J connectivity index is 1.89. The largest absolute Gasteiger partial charge is 0.442 e. The molecule has 11 heteroatoms. The van der Waals surface area contributed by atoms with Crippen molar-refractivity contribution in [1.82, 2.24) is 4.90 Å². The van der Waals surface area contributed by atoms with Crippen molar-refractivity contribution in [2.75, 3.05) is 6.54 Å². The lowest BCUT2D eigenvalue weighted by atomic mass is 9.90. The first-order chi connectivity index (χ1) is 12.5. The predicted octanol–water partition coefficient (Wildman–Crippen LogP) is 2.30. The highest BCUT2D eigenvalue weighted by atomic mass is 127. The molecule has 2 heterocycles. The summed E-state index contributed by atoms with van der Waals surface area (Å²) in [6, 6.07) is 5.20. The van der Waals surface area contributed by atoms with E-state index in [-0.39, 0.29) is 24.1 Å². The fourth-order valence-corrected chi connectivity index (χ4v) is 3.33. The topological polar surface area (TPSA) is 105 Å². The van der Waals surface area contributed by atoms with Crippen LogP contribution < -0.4 is 5.73 Å². The average molecular weight is 492 g/mol. The zero-order valence-corrected chi connectivity index (χ0v) is 15.7. The van der Waals surface area contributed by atoms with Gasteiger partial charge in [-0.3, -0.25) is 19.3 Å². The van der Waals surface area contributed by atoms with Crippen LogP contribution >= 0.6 is 22.6 Å². The molecule has 0 saturated carbocycles. The smallest absolute Gasteiger partial charge is 0.368 e. The van der Waals surface area contributed by atoms with E-state index < -0.39 is 33.0 Å². The van der Waals surface area contributed by atoms with Gasteiger partial charge in [0, 0.05) is 24.3 Å². The second-order valence-corrected chi connectivity index (χ2v) is 7.87. The molecule has 0 aliphatic carbocycles. The Labute approximate surface area is 164 Å². The van der Waals surface area contributed by atoms with Crippen LogP contribution in [0.2, 0.25) is 0 Å². The third-order valence-electron chi connectivity index (χ3n) is 4.39. The van der Waals surface area contributed by atoms with Gasteiger partial charge in [0.25, 0.3) is 11.8 Å². The van der Waals surface area contributed by atoms with Gasteiger partial charge in [0.15, 0.2) is 0 Å². The van der Waals surface area contributed by atoms with Crippen molar-refractivity contribution in [2.24, 2.45) is 16.0 Å². The average Bonchev–Trinajstić information content (AvgIpc) is 3.36. The minimum Gasteiger partial charge on any atom is -0.368 e. The van der Waals surface area contributed by atoms with Gasteiger partial charge in [0.05, 0.1) is 0 Å². The van der Waals surface area contributed by atoms with Crippen molar-refractivity contribution in [3.63, 3.8) is 0 Å². The number of amides is 3. The number of rotatable bonds is 6. The van der Waals surface area contributed by atoms with E-state index in [4.69, 9.17) is 5.73 Å². The van der Waals surface area contributed by atoms with E-state index in [1.807, 2.05) is 0 Å². The molecule has 7 nitrogen and oxygen atoms in total. The summed E-state index contributed by atoms with van der Waals surface area (Å²) in [4.78, 5) is 36.4. The molecule has 27 heavy (non-hydrogen) atoms. The minimum absolute atomic E-state index is 0.0567. The van der Waals surface area contributed by atoms with Gasteiger partial charge < -0.3 is 5.73 Å². The molecule has 3 rings (SSSR count). The van der Waals surface area contributed by atoms with Gasteiger partial charge in [-0.2, -0.15) is 13.2 Å². The van der Waals surface area contributed by atoms with E-state index in [0.717, 1.165) is 17.1 Å². The Morgan fingerprint density at radius 1 is 1.19 bits per heavy atom. The number of hydrogen-bond donors (Lipinski definition) is 1. The van der Waals surface area contributed by atoms with E-state index in [1.165, 1.54) is 24.3 Å². The van der Waals surface area contributed by atoms with Crippen molar-refractivity contribution >= 4 is 40.3 Å². The summed E-state index contributed by atoms with van der Waals surface area (Å²) in [6.07, 6.45) is -2.55. The first kappa shape index (κ1) is 19.5. The summed E-state index contributed by atoms with van der Waals surface area (Å²) in [7, 11) is 0. The zero-order chi connectivity index (χ0) is 20.0. The van der Waals surface area contributed by atoms with Crippen LogP contribution in [0.1, 0.15) is 17.5 Å². The molecule has 2 N–H and O–H groups in total. The van der Waals surface area contributed by atoms with E-state index in [1.54, 1.807) is 22.6 Å². The van der Waals surface area contributed by atoms with Gasteiger partial charge >= 0.3 is 11.8 Å². The number of carbonyl (C=O) groups is 3. The highest BCUT2D eigenvalue weighted by molar-refractivity contribution is 14.1. The molecule has 2 aliphatic rings. The third-order valence-corrected chi connectivity index (χ3v) is 6.08. The molecule has 0 radical (unpaired) electrons. The predicted molar refractivity (Wildman–Crippen MR) is 94.4 cm³/mol. The molecule has 0 bridgehead atoms. The molecule has 0 aromatic heterocycles. The Kier molecular flexibility index (Phi) is 4.60. The van der Waals surface area contributed by atoms with E-state index in [0.29, 0.717) is 0 Å². The zero-order valence-electron chi connectivity index (χ0n) is 13.5. The number of nitrogens with zero attached hydrogens (tertiary/aromatic N) is 3. The molecular formula is C16H12F3IN4O3. The third kappa shape index (κ3) is 3.24. The number of nitrogens with two attached hydrogens (primary N) is 1. The Morgan fingerprint density at radius 3 is 2.26 bits per heavy atom. The van der Waals surface area contributed by atoms with Gasteiger partial charge in [-0.15, -0.1) is 10.2 Å². The number of imide groups is 1. The maximum atomic E-state index is 13.2. The van der Waals surface area contributed by atoms with Crippen LogP contribution in [-0.4, -0.2) is 35.3 Å². The molecule has 3 amide bonds. The van der Waals surface area contributed by atoms with E-state index in [9.17, 15) is 27.6 Å². The Bertz CT molecular complexity index is 875. The molecule has 0 saturated heterocycles. The van der Waals surface area contributed by atoms with Crippen molar-refractivity contribution in [3.8, 4) is 0 Å². The van der Waals surface area contributed by atoms with E-state index >= 15 is 0 Å². The van der Waals surface area contributed by atoms with Crippen molar-refractivity contribution < 1.29 is 27.6 Å². The molecule has 1 aromatic carbocycles. The van der Waals surface area contributed by atoms with Crippen LogP contribution in [0.3, 0.4) is 0 Å².